The first kappa shape index (κ1) is 11.0. The van der Waals surface area contributed by atoms with Crippen molar-refractivity contribution >= 4 is 11.9 Å². The van der Waals surface area contributed by atoms with E-state index in [0.29, 0.717) is 18.8 Å². The Kier molecular flexibility index (Phi) is 3.21. The summed E-state index contributed by atoms with van der Waals surface area (Å²) in [5.74, 6) is -0.228. The zero-order valence-electron chi connectivity index (χ0n) is 8.25. The molecule has 0 atom stereocenters. The predicted octanol–water partition coefficient (Wildman–Crippen LogP) is -0.627. The van der Waals surface area contributed by atoms with Gasteiger partial charge in [-0.3, -0.25) is 4.99 Å². The summed E-state index contributed by atoms with van der Waals surface area (Å²) in [6.07, 6.45) is 1.44. The molecule has 0 aromatic carbocycles. The maximum atomic E-state index is 10.6. The molecule has 1 aromatic rings. The largest absolute Gasteiger partial charge is 0.434 e. The van der Waals surface area contributed by atoms with E-state index in [-0.39, 0.29) is 11.9 Å². The first-order chi connectivity index (χ1) is 7.02. The fourth-order valence-corrected chi connectivity index (χ4v) is 1.15. The smallest absolute Gasteiger partial charge is 0.390 e. The van der Waals surface area contributed by atoms with Gasteiger partial charge in [0.1, 0.15) is 11.9 Å². The Balaban J connectivity index is 2.79. The summed E-state index contributed by atoms with van der Waals surface area (Å²) in [4.78, 5) is 17.4. The van der Waals surface area contributed by atoms with E-state index in [0.717, 1.165) is 0 Å². The third kappa shape index (κ3) is 2.66. The molecule has 0 spiro atoms. The van der Waals surface area contributed by atoms with Gasteiger partial charge >= 0.3 is 5.95 Å². The van der Waals surface area contributed by atoms with Crippen LogP contribution in [0.1, 0.15) is 5.69 Å². The van der Waals surface area contributed by atoms with Gasteiger partial charge in [-0.05, 0) is 11.8 Å². The summed E-state index contributed by atoms with van der Waals surface area (Å²) < 4.78 is 1.45. The number of nitrogens with zero attached hydrogens (tertiary/aromatic N) is 4. The van der Waals surface area contributed by atoms with Crippen molar-refractivity contribution in [2.45, 2.75) is 13.5 Å². The van der Waals surface area contributed by atoms with Crippen LogP contribution in [0.25, 0.3) is 0 Å². The lowest BCUT2D eigenvalue weighted by atomic mass is 10.5. The summed E-state index contributed by atoms with van der Waals surface area (Å²) >= 11 is 0. The lowest BCUT2D eigenvalue weighted by Crippen LogP contribution is -2.23. The highest BCUT2D eigenvalue weighted by Gasteiger charge is 2.17. The number of hydrogen-bond acceptors (Lipinski definition) is 4. The highest BCUT2D eigenvalue weighted by molar-refractivity contribution is 5.75. The molecule has 0 aliphatic rings. The van der Waals surface area contributed by atoms with E-state index in [1.165, 1.54) is 10.8 Å². The maximum absolute atomic E-state index is 10.6. The average Bonchev–Trinajstić information content (AvgIpc) is 2.47. The van der Waals surface area contributed by atoms with Crippen LogP contribution >= 0.6 is 0 Å². The first-order valence-corrected chi connectivity index (χ1v) is 4.24. The molecule has 1 heterocycles. The number of aryl methyl sites for hydroxylation is 1. The highest BCUT2D eigenvalue weighted by atomic mass is 16.6. The van der Waals surface area contributed by atoms with E-state index < -0.39 is 4.92 Å². The van der Waals surface area contributed by atoms with Gasteiger partial charge in [-0.1, -0.05) is 4.98 Å². The molecule has 8 nitrogen and oxygen atoms in total. The number of rotatable bonds is 4. The zero-order chi connectivity index (χ0) is 11.4. The topological polar surface area (TPSA) is 125 Å². The van der Waals surface area contributed by atoms with E-state index in [9.17, 15) is 10.1 Å². The minimum absolute atomic E-state index is 0.0320. The Morgan fingerprint density at radius 1 is 1.73 bits per heavy atom. The molecule has 0 amide bonds. The first-order valence-electron chi connectivity index (χ1n) is 4.24. The molecule has 0 unspecified atom stereocenters. The van der Waals surface area contributed by atoms with Crippen LogP contribution in [0, 0.1) is 17.0 Å². The molecule has 0 radical (unpaired) electrons. The molecule has 1 rings (SSSR count). The number of nitro groups is 1. The number of aliphatic imine (C=N–C) groups is 1. The van der Waals surface area contributed by atoms with Gasteiger partial charge < -0.3 is 21.6 Å². The van der Waals surface area contributed by atoms with E-state index >= 15 is 0 Å². The van der Waals surface area contributed by atoms with Gasteiger partial charge in [-0.15, -0.1) is 0 Å². The molecule has 82 valence electrons. The second-order valence-corrected chi connectivity index (χ2v) is 2.91. The van der Waals surface area contributed by atoms with Crippen molar-refractivity contribution in [2.75, 3.05) is 6.54 Å². The predicted molar refractivity (Wildman–Crippen MR) is 54.3 cm³/mol. The van der Waals surface area contributed by atoms with Crippen LogP contribution in [0.3, 0.4) is 0 Å². The molecular formula is C7H12N6O2. The van der Waals surface area contributed by atoms with Crippen LogP contribution in [0.2, 0.25) is 0 Å². The summed E-state index contributed by atoms with van der Waals surface area (Å²) in [5.41, 5.74) is 11.0. The number of imidazole rings is 1. The van der Waals surface area contributed by atoms with Gasteiger partial charge in [-0.2, -0.15) is 0 Å². The van der Waals surface area contributed by atoms with Crippen molar-refractivity contribution < 1.29 is 4.92 Å². The molecule has 4 N–H and O–H groups in total. The van der Waals surface area contributed by atoms with Gasteiger partial charge in [0.2, 0.25) is 0 Å². The van der Waals surface area contributed by atoms with E-state index in [4.69, 9.17) is 11.5 Å². The fraction of sp³-hybridized carbons (Fsp3) is 0.429. The van der Waals surface area contributed by atoms with E-state index in [1.807, 2.05) is 0 Å². The summed E-state index contributed by atoms with van der Waals surface area (Å²) in [6, 6.07) is 0. The van der Waals surface area contributed by atoms with Gasteiger partial charge in [0.05, 0.1) is 13.1 Å². The van der Waals surface area contributed by atoms with Crippen LogP contribution in [0.15, 0.2) is 11.2 Å². The summed E-state index contributed by atoms with van der Waals surface area (Å²) in [6.45, 7) is 2.36. The van der Waals surface area contributed by atoms with Crippen molar-refractivity contribution in [2.24, 2.45) is 16.5 Å². The number of aromatic nitrogens is 2. The normalized spacial score (nSPS) is 9.93. The van der Waals surface area contributed by atoms with E-state index in [2.05, 4.69) is 9.98 Å². The van der Waals surface area contributed by atoms with Gasteiger partial charge in [0.25, 0.3) is 0 Å². The number of guanidine groups is 1. The summed E-state index contributed by atoms with van der Waals surface area (Å²) in [7, 11) is 0. The minimum atomic E-state index is -0.539. The number of hydrogen-bond donors (Lipinski definition) is 2. The molecule has 0 bridgehead atoms. The van der Waals surface area contributed by atoms with Crippen LogP contribution in [-0.2, 0) is 6.54 Å². The molecule has 0 saturated heterocycles. The van der Waals surface area contributed by atoms with Crippen molar-refractivity contribution in [3.8, 4) is 0 Å². The SMILES string of the molecule is Cc1cnc([N+](=O)[O-])n1CCN=C(N)N. The second kappa shape index (κ2) is 4.40. The third-order valence-electron chi connectivity index (χ3n) is 1.82. The molecule has 8 heteroatoms. The van der Waals surface area contributed by atoms with Gasteiger partial charge in [0.15, 0.2) is 5.96 Å². The zero-order valence-corrected chi connectivity index (χ0v) is 8.25. The monoisotopic (exact) mass is 212 g/mol. The third-order valence-corrected chi connectivity index (χ3v) is 1.82. The molecular weight excluding hydrogens is 200 g/mol. The van der Waals surface area contributed by atoms with Gasteiger partial charge in [0, 0.05) is 0 Å². The average molecular weight is 212 g/mol. The molecule has 1 aromatic heterocycles. The maximum Gasteiger partial charge on any atom is 0.434 e. The lowest BCUT2D eigenvalue weighted by molar-refractivity contribution is -0.396. The van der Waals surface area contributed by atoms with Crippen LogP contribution in [0.4, 0.5) is 5.95 Å². The quantitative estimate of drug-likeness (QED) is 0.297. The Morgan fingerprint density at radius 2 is 2.40 bits per heavy atom. The standard InChI is InChI=1S/C7H12N6O2/c1-5-4-11-7(13(14)15)12(5)3-2-10-6(8)9/h4H,2-3H2,1H3,(H4,8,9,10). The van der Waals surface area contributed by atoms with Crippen molar-refractivity contribution in [1.82, 2.24) is 9.55 Å². The molecule has 0 fully saturated rings. The minimum Gasteiger partial charge on any atom is -0.390 e. The molecule has 0 saturated carbocycles. The fourth-order valence-electron chi connectivity index (χ4n) is 1.15. The van der Waals surface area contributed by atoms with Gasteiger partial charge in [-0.25, -0.2) is 4.57 Å². The van der Waals surface area contributed by atoms with Crippen LogP contribution < -0.4 is 11.5 Å². The van der Waals surface area contributed by atoms with Crippen molar-refractivity contribution in [3.05, 3.63) is 22.0 Å². The molecule has 0 aliphatic heterocycles. The summed E-state index contributed by atoms with van der Waals surface area (Å²) in [5, 5.41) is 10.6. The Labute approximate surface area is 85.8 Å². The second-order valence-electron chi connectivity index (χ2n) is 2.91. The lowest BCUT2D eigenvalue weighted by Gasteiger charge is -2.01. The van der Waals surface area contributed by atoms with Crippen LogP contribution in [-0.4, -0.2) is 27.0 Å². The molecule has 0 aliphatic carbocycles. The Hall–Kier alpha value is -2.12. The van der Waals surface area contributed by atoms with Crippen molar-refractivity contribution in [1.29, 1.82) is 0 Å². The Morgan fingerprint density at radius 3 is 2.93 bits per heavy atom. The Bertz CT molecular complexity index is 392. The number of nitrogens with two attached hydrogens (primary N) is 2. The molecule has 15 heavy (non-hydrogen) atoms. The van der Waals surface area contributed by atoms with E-state index in [1.54, 1.807) is 6.92 Å². The van der Waals surface area contributed by atoms with Crippen molar-refractivity contribution in [3.63, 3.8) is 0 Å². The van der Waals surface area contributed by atoms with Crippen LogP contribution in [0.5, 0.6) is 0 Å². The highest BCUT2D eigenvalue weighted by Crippen LogP contribution is 2.11.